The minimum absolute atomic E-state index is 0.0451. The van der Waals surface area contributed by atoms with Gasteiger partial charge in [-0.3, -0.25) is 29.3 Å². The molecule has 1 unspecified atom stereocenters. The van der Waals surface area contributed by atoms with Gasteiger partial charge >= 0.3 is 0 Å². The molecule has 0 aliphatic carbocycles. The first kappa shape index (κ1) is 29.7. The van der Waals surface area contributed by atoms with Gasteiger partial charge in [0.05, 0.1) is 17.0 Å². The number of imide groups is 1. The Kier molecular flexibility index (Phi) is 7.81. The van der Waals surface area contributed by atoms with E-state index in [-0.39, 0.29) is 42.4 Å². The molecular weight excluding hydrogens is 604 g/mol. The van der Waals surface area contributed by atoms with Crippen molar-refractivity contribution in [3.8, 4) is 5.69 Å². The molecule has 7 rings (SSSR count). The van der Waals surface area contributed by atoms with Crippen molar-refractivity contribution in [2.75, 3.05) is 18.8 Å². The second kappa shape index (κ2) is 12.1. The summed E-state index contributed by atoms with van der Waals surface area (Å²) < 4.78 is 1.74. The molecule has 5 amide bonds. The van der Waals surface area contributed by atoms with E-state index in [9.17, 15) is 24.0 Å². The van der Waals surface area contributed by atoms with E-state index in [1.54, 1.807) is 28.9 Å². The zero-order chi connectivity index (χ0) is 31.9. The Balaban J connectivity index is 0.992. The highest BCUT2D eigenvalue weighted by molar-refractivity contribution is 8.00. The molecule has 0 radical (unpaired) electrons. The Morgan fingerprint density at radius 3 is 2.59 bits per heavy atom. The number of carbonyl (C=O) groups is 5. The summed E-state index contributed by atoms with van der Waals surface area (Å²) in [6.07, 6.45) is 4.27. The number of nitrogens with two attached hydrogens (primary N) is 1. The molecule has 2 saturated heterocycles. The zero-order valence-corrected chi connectivity index (χ0v) is 25.8. The van der Waals surface area contributed by atoms with E-state index in [1.165, 1.54) is 16.7 Å². The van der Waals surface area contributed by atoms with E-state index in [2.05, 4.69) is 22.5 Å². The lowest BCUT2D eigenvalue weighted by molar-refractivity contribution is -0.137. The van der Waals surface area contributed by atoms with Crippen LogP contribution in [-0.4, -0.2) is 74.0 Å². The molecule has 2 fully saturated rings. The molecular formula is C34H32N6O5S. The van der Waals surface area contributed by atoms with Gasteiger partial charge in [-0.2, -0.15) is 5.10 Å². The fourth-order valence-corrected chi connectivity index (χ4v) is 7.66. The van der Waals surface area contributed by atoms with Gasteiger partial charge in [0.2, 0.25) is 17.7 Å². The molecule has 0 saturated carbocycles. The summed E-state index contributed by atoms with van der Waals surface area (Å²) in [5.41, 5.74) is 9.85. The Hall–Kier alpha value is -4.97. The van der Waals surface area contributed by atoms with Crippen LogP contribution in [0.25, 0.3) is 16.6 Å². The molecule has 2 atom stereocenters. The predicted octanol–water partition coefficient (Wildman–Crippen LogP) is 3.38. The van der Waals surface area contributed by atoms with Crippen LogP contribution >= 0.6 is 11.8 Å². The van der Waals surface area contributed by atoms with E-state index in [4.69, 9.17) is 5.73 Å². The Bertz CT molecular complexity index is 1900. The van der Waals surface area contributed by atoms with Crippen LogP contribution in [0.5, 0.6) is 0 Å². The van der Waals surface area contributed by atoms with Crippen LogP contribution in [0.1, 0.15) is 63.4 Å². The number of amides is 5. The number of rotatable bonds is 7. The fraction of sp³-hybridized carbons (Fsp3) is 0.294. The summed E-state index contributed by atoms with van der Waals surface area (Å²) in [6.45, 7) is 1.60. The minimum Gasteiger partial charge on any atom is -0.366 e. The van der Waals surface area contributed by atoms with E-state index in [0.29, 0.717) is 36.2 Å². The van der Waals surface area contributed by atoms with Crippen molar-refractivity contribution in [1.82, 2.24) is 24.9 Å². The molecule has 0 bridgehead atoms. The molecule has 234 valence electrons. The van der Waals surface area contributed by atoms with Crippen LogP contribution in [0.4, 0.5) is 0 Å². The number of hydrogen-bond donors (Lipinski definition) is 2. The molecule has 46 heavy (non-hydrogen) atoms. The normalized spacial score (nSPS) is 19.8. The van der Waals surface area contributed by atoms with Gasteiger partial charge in [-0.1, -0.05) is 30.3 Å². The standard InChI is InChI=1S/C34H32N6O5S/c35-32(43)25-7-1-4-22-17-40(37-31(22)25)23-11-9-20(10-12-23)21-5-3-15-38(16-21)30(42)19-46-28-8-2-6-24-26(28)18-39(34(24)45)27-13-14-29(41)36-33(27)44/h1-2,4,6-12,17,21,27H,3,5,13-16,18-19H2,(H2,35,43)(H,36,41,44)/t21-,27?/m1/s1. The van der Waals surface area contributed by atoms with Crippen molar-refractivity contribution in [3.63, 3.8) is 0 Å². The maximum Gasteiger partial charge on any atom is 0.255 e. The Morgan fingerprint density at radius 2 is 1.80 bits per heavy atom. The number of aromatic nitrogens is 2. The van der Waals surface area contributed by atoms with Gasteiger partial charge in [0, 0.05) is 54.0 Å². The fourth-order valence-electron chi connectivity index (χ4n) is 6.67. The molecule has 3 aliphatic heterocycles. The van der Waals surface area contributed by atoms with Gasteiger partial charge in [0.15, 0.2) is 0 Å². The maximum absolute atomic E-state index is 13.4. The van der Waals surface area contributed by atoms with E-state index < -0.39 is 17.9 Å². The summed E-state index contributed by atoms with van der Waals surface area (Å²) in [4.78, 5) is 66.7. The largest absolute Gasteiger partial charge is 0.366 e. The number of nitrogens with one attached hydrogen (secondary N) is 1. The lowest BCUT2D eigenvalue weighted by Crippen LogP contribution is -2.52. The lowest BCUT2D eigenvalue weighted by atomic mass is 9.90. The number of thioether (sulfide) groups is 1. The molecule has 3 aromatic carbocycles. The van der Waals surface area contributed by atoms with Crippen LogP contribution < -0.4 is 11.1 Å². The third-order valence-electron chi connectivity index (χ3n) is 9.10. The summed E-state index contributed by atoms with van der Waals surface area (Å²) in [7, 11) is 0. The highest BCUT2D eigenvalue weighted by Crippen LogP contribution is 2.35. The first-order valence-electron chi connectivity index (χ1n) is 15.3. The van der Waals surface area contributed by atoms with Crippen molar-refractivity contribution >= 4 is 52.2 Å². The van der Waals surface area contributed by atoms with Crippen LogP contribution in [-0.2, 0) is 20.9 Å². The van der Waals surface area contributed by atoms with Crippen molar-refractivity contribution in [2.45, 2.75) is 49.1 Å². The van der Waals surface area contributed by atoms with Crippen LogP contribution in [0.15, 0.2) is 71.8 Å². The van der Waals surface area contributed by atoms with Gasteiger partial charge in [-0.05, 0) is 60.7 Å². The third kappa shape index (κ3) is 5.53. The molecule has 4 aromatic rings. The number of hydrogen-bond acceptors (Lipinski definition) is 7. The van der Waals surface area contributed by atoms with Crippen LogP contribution in [0.3, 0.4) is 0 Å². The molecule has 12 heteroatoms. The van der Waals surface area contributed by atoms with Gasteiger partial charge in [0.25, 0.3) is 11.8 Å². The van der Waals surface area contributed by atoms with Gasteiger partial charge in [0.1, 0.15) is 11.6 Å². The minimum atomic E-state index is -0.676. The van der Waals surface area contributed by atoms with Crippen LogP contribution in [0.2, 0.25) is 0 Å². The molecule has 4 heterocycles. The quantitative estimate of drug-likeness (QED) is 0.234. The number of fused-ring (bicyclic) bond motifs is 2. The number of benzene rings is 3. The molecule has 1 aromatic heterocycles. The molecule has 0 spiro atoms. The van der Waals surface area contributed by atoms with Crippen molar-refractivity contribution < 1.29 is 24.0 Å². The summed E-state index contributed by atoms with van der Waals surface area (Å²) in [5, 5.41) is 7.76. The number of primary amides is 1. The maximum atomic E-state index is 13.4. The Morgan fingerprint density at radius 1 is 1.00 bits per heavy atom. The Labute approximate surface area is 269 Å². The predicted molar refractivity (Wildman–Crippen MR) is 171 cm³/mol. The number of likely N-dealkylation sites (tertiary alicyclic amines) is 1. The first-order valence-corrected chi connectivity index (χ1v) is 16.3. The average Bonchev–Trinajstić information content (AvgIpc) is 3.65. The molecule has 3 N–H and O–H groups in total. The smallest absolute Gasteiger partial charge is 0.255 e. The van der Waals surface area contributed by atoms with Gasteiger partial charge in [-0.25, -0.2) is 4.68 Å². The van der Waals surface area contributed by atoms with E-state index in [1.807, 2.05) is 35.4 Å². The van der Waals surface area contributed by atoms with Crippen LogP contribution in [0, 0.1) is 0 Å². The summed E-state index contributed by atoms with van der Waals surface area (Å²) in [6, 6.07) is 18.3. The highest BCUT2D eigenvalue weighted by atomic mass is 32.2. The van der Waals surface area contributed by atoms with Gasteiger partial charge < -0.3 is 15.5 Å². The number of piperidine rings is 2. The SMILES string of the molecule is NC(=O)c1cccc2cn(-c3ccc([C@@H]4CCCN(C(=O)CSc5cccc6c5CN(C5CCC(=O)NC5=O)C6=O)C4)cc3)nc12. The second-order valence-corrected chi connectivity index (χ2v) is 12.9. The average molecular weight is 637 g/mol. The third-order valence-corrected chi connectivity index (χ3v) is 10.2. The van der Waals surface area contributed by atoms with E-state index in [0.717, 1.165) is 39.9 Å². The van der Waals surface area contributed by atoms with Crippen molar-refractivity contribution in [1.29, 1.82) is 0 Å². The molecule has 11 nitrogen and oxygen atoms in total. The number of carbonyl (C=O) groups excluding carboxylic acids is 5. The highest BCUT2D eigenvalue weighted by Gasteiger charge is 2.40. The van der Waals surface area contributed by atoms with Crippen molar-refractivity contribution in [3.05, 3.63) is 89.1 Å². The zero-order valence-electron chi connectivity index (χ0n) is 25.0. The molecule has 3 aliphatic rings. The summed E-state index contributed by atoms with van der Waals surface area (Å²) >= 11 is 1.42. The second-order valence-electron chi connectivity index (χ2n) is 11.9. The monoisotopic (exact) mass is 636 g/mol. The van der Waals surface area contributed by atoms with Gasteiger partial charge in [-0.15, -0.1) is 11.8 Å². The lowest BCUT2D eigenvalue weighted by Gasteiger charge is -2.33. The summed E-state index contributed by atoms with van der Waals surface area (Å²) in [5.74, 6) is -1.00. The van der Waals surface area contributed by atoms with Crippen molar-refractivity contribution in [2.24, 2.45) is 5.73 Å². The number of nitrogens with zero attached hydrogens (tertiary/aromatic N) is 4. The topological polar surface area (TPSA) is 148 Å². The van der Waals surface area contributed by atoms with E-state index >= 15 is 0 Å². The first-order chi connectivity index (χ1) is 22.3.